The first kappa shape index (κ1) is 11.7. The maximum atomic E-state index is 9.91. The summed E-state index contributed by atoms with van der Waals surface area (Å²) < 4.78 is 0. The van der Waals surface area contributed by atoms with E-state index in [1.54, 1.807) is 11.3 Å². The monoisotopic (exact) mass is 212 g/mol. The second-order valence-electron chi connectivity index (χ2n) is 4.31. The van der Waals surface area contributed by atoms with E-state index in [0.29, 0.717) is 0 Å². The van der Waals surface area contributed by atoms with Crippen molar-refractivity contribution < 1.29 is 5.11 Å². The van der Waals surface area contributed by atoms with E-state index in [1.807, 2.05) is 0 Å². The summed E-state index contributed by atoms with van der Waals surface area (Å²) in [6, 6.07) is 2.08. The van der Waals surface area contributed by atoms with Gasteiger partial charge in [-0.05, 0) is 36.3 Å². The molecular weight excluding hydrogens is 192 g/mol. The van der Waals surface area contributed by atoms with Gasteiger partial charge in [-0.25, -0.2) is 0 Å². The summed E-state index contributed by atoms with van der Waals surface area (Å²) in [5.41, 5.74) is 1.23. The Kier molecular flexibility index (Phi) is 4.63. The van der Waals surface area contributed by atoms with E-state index in [-0.39, 0.29) is 6.10 Å². The Labute approximate surface area is 90.8 Å². The number of aliphatic hydroxyl groups excluding tert-OH is 1. The standard InChI is InChI=1S/C12H20OS/c1-9(2)5-4-6-11(13)12-10(3)7-8-14-12/h7-9,11,13H,4-6H2,1-3H3. The van der Waals surface area contributed by atoms with E-state index in [9.17, 15) is 5.11 Å². The van der Waals surface area contributed by atoms with Crippen molar-refractivity contribution in [3.05, 3.63) is 21.9 Å². The van der Waals surface area contributed by atoms with Crippen molar-refractivity contribution in [2.45, 2.75) is 46.1 Å². The predicted octanol–water partition coefficient (Wildman–Crippen LogP) is 3.92. The van der Waals surface area contributed by atoms with Crippen LogP contribution >= 0.6 is 11.3 Å². The molecule has 0 aliphatic rings. The van der Waals surface area contributed by atoms with Crippen LogP contribution in [-0.4, -0.2) is 5.11 Å². The Bertz CT molecular complexity index is 265. The number of aryl methyl sites for hydroxylation is 1. The SMILES string of the molecule is Cc1ccsc1C(O)CCCC(C)C. The van der Waals surface area contributed by atoms with Gasteiger partial charge in [-0.15, -0.1) is 11.3 Å². The van der Waals surface area contributed by atoms with Gasteiger partial charge in [-0.3, -0.25) is 0 Å². The summed E-state index contributed by atoms with van der Waals surface area (Å²) in [4.78, 5) is 1.15. The molecule has 1 heterocycles. The summed E-state index contributed by atoms with van der Waals surface area (Å²) in [6.07, 6.45) is 2.99. The molecule has 14 heavy (non-hydrogen) atoms. The van der Waals surface area contributed by atoms with Crippen molar-refractivity contribution >= 4 is 11.3 Å². The van der Waals surface area contributed by atoms with Gasteiger partial charge >= 0.3 is 0 Å². The number of rotatable bonds is 5. The predicted molar refractivity (Wildman–Crippen MR) is 62.7 cm³/mol. The molecule has 0 radical (unpaired) electrons. The van der Waals surface area contributed by atoms with Crippen LogP contribution in [0.4, 0.5) is 0 Å². The minimum atomic E-state index is -0.242. The third-order valence-electron chi connectivity index (χ3n) is 2.46. The average molecular weight is 212 g/mol. The maximum Gasteiger partial charge on any atom is 0.0884 e. The minimum absolute atomic E-state index is 0.242. The van der Waals surface area contributed by atoms with Crippen LogP contribution in [0.1, 0.15) is 49.7 Å². The number of hydrogen-bond donors (Lipinski definition) is 1. The highest BCUT2D eigenvalue weighted by Crippen LogP contribution is 2.27. The largest absolute Gasteiger partial charge is 0.388 e. The number of aliphatic hydroxyl groups is 1. The van der Waals surface area contributed by atoms with Crippen LogP contribution in [0.5, 0.6) is 0 Å². The molecule has 0 saturated heterocycles. The van der Waals surface area contributed by atoms with Crippen LogP contribution < -0.4 is 0 Å². The van der Waals surface area contributed by atoms with Gasteiger partial charge in [0.1, 0.15) is 0 Å². The average Bonchev–Trinajstić information content (AvgIpc) is 2.50. The first-order chi connectivity index (χ1) is 6.61. The van der Waals surface area contributed by atoms with Gasteiger partial charge < -0.3 is 5.11 Å². The molecule has 1 aromatic heterocycles. The fourth-order valence-corrected chi connectivity index (χ4v) is 2.52. The molecule has 1 unspecified atom stereocenters. The van der Waals surface area contributed by atoms with Gasteiger partial charge in [0.25, 0.3) is 0 Å². The van der Waals surface area contributed by atoms with Crippen LogP contribution in [0.25, 0.3) is 0 Å². The van der Waals surface area contributed by atoms with Crippen molar-refractivity contribution in [1.82, 2.24) is 0 Å². The fraction of sp³-hybridized carbons (Fsp3) is 0.667. The molecule has 80 valence electrons. The van der Waals surface area contributed by atoms with E-state index in [0.717, 1.165) is 23.6 Å². The molecule has 1 rings (SSSR count). The number of hydrogen-bond acceptors (Lipinski definition) is 2. The molecule has 0 aromatic carbocycles. The van der Waals surface area contributed by atoms with Crippen LogP contribution in [0, 0.1) is 12.8 Å². The summed E-state index contributed by atoms with van der Waals surface area (Å²) in [6.45, 7) is 6.52. The highest BCUT2D eigenvalue weighted by Gasteiger charge is 2.11. The molecule has 1 atom stereocenters. The Balaban J connectivity index is 2.36. The molecule has 1 nitrogen and oxygen atoms in total. The van der Waals surface area contributed by atoms with Gasteiger partial charge in [0.05, 0.1) is 6.10 Å². The minimum Gasteiger partial charge on any atom is -0.388 e. The molecular formula is C12H20OS. The van der Waals surface area contributed by atoms with E-state index < -0.39 is 0 Å². The normalized spacial score (nSPS) is 13.5. The molecule has 0 bridgehead atoms. The van der Waals surface area contributed by atoms with E-state index in [1.165, 1.54) is 12.0 Å². The molecule has 0 aliphatic carbocycles. The third-order valence-corrected chi connectivity index (χ3v) is 3.58. The van der Waals surface area contributed by atoms with E-state index in [4.69, 9.17) is 0 Å². The van der Waals surface area contributed by atoms with Gasteiger partial charge in [-0.1, -0.05) is 26.7 Å². The van der Waals surface area contributed by atoms with Crippen molar-refractivity contribution in [1.29, 1.82) is 0 Å². The Morgan fingerprint density at radius 3 is 2.57 bits per heavy atom. The fourth-order valence-electron chi connectivity index (χ4n) is 1.58. The van der Waals surface area contributed by atoms with Crippen molar-refractivity contribution in [2.75, 3.05) is 0 Å². The molecule has 0 spiro atoms. The zero-order valence-electron chi connectivity index (χ0n) is 9.29. The maximum absolute atomic E-state index is 9.91. The van der Waals surface area contributed by atoms with Crippen molar-refractivity contribution in [2.24, 2.45) is 5.92 Å². The summed E-state index contributed by atoms with van der Waals surface area (Å²) >= 11 is 1.67. The molecule has 0 aliphatic heterocycles. The lowest BCUT2D eigenvalue weighted by molar-refractivity contribution is 0.165. The Morgan fingerprint density at radius 1 is 1.36 bits per heavy atom. The third kappa shape index (κ3) is 3.43. The summed E-state index contributed by atoms with van der Waals surface area (Å²) in [5, 5.41) is 12.0. The lowest BCUT2D eigenvalue weighted by atomic mass is 10.0. The Hall–Kier alpha value is -0.340. The zero-order valence-corrected chi connectivity index (χ0v) is 10.1. The zero-order chi connectivity index (χ0) is 10.6. The van der Waals surface area contributed by atoms with Gasteiger partial charge in [0, 0.05) is 4.88 Å². The second kappa shape index (κ2) is 5.52. The first-order valence-corrected chi connectivity index (χ1v) is 6.21. The molecule has 0 amide bonds. The van der Waals surface area contributed by atoms with Crippen LogP contribution in [-0.2, 0) is 0 Å². The highest BCUT2D eigenvalue weighted by molar-refractivity contribution is 7.10. The van der Waals surface area contributed by atoms with Crippen LogP contribution in [0.2, 0.25) is 0 Å². The Morgan fingerprint density at radius 2 is 2.07 bits per heavy atom. The molecule has 0 saturated carbocycles. The topological polar surface area (TPSA) is 20.2 Å². The number of thiophene rings is 1. The highest BCUT2D eigenvalue weighted by atomic mass is 32.1. The smallest absolute Gasteiger partial charge is 0.0884 e. The first-order valence-electron chi connectivity index (χ1n) is 5.33. The van der Waals surface area contributed by atoms with Crippen molar-refractivity contribution in [3.8, 4) is 0 Å². The lowest BCUT2D eigenvalue weighted by Gasteiger charge is -2.10. The van der Waals surface area contributed by atoms with Crippen LogP contribution in [0.15, 0.2) is 11.4 Å². The van der Waals surface area contributed by atoms with E-state index >= 15 is 0 Å². The van der Waals surface area contributed by atoms with Gasteiger partial charge in [0.15, 0.2) is 0 Å². The second-order valence-corrected chi connectivity index (χ2v) is 5.26. The van der Waals surface area contributed by atoms with Gasteiger partial charge in [-0.2, -0.15) is 0 Å². The van der Waals surface area contributed by atoms with E-state index in [2.05, 4.69) is 32.2 Å². The van der Waals surface area contributed by atoms with Gasteiger partial charge in [0.2, 0.25) is 0 Å². The lowest BCUT2D eigenvalue weighted by Crippen LogP contribution is -1.97. The summed E-state index contributed by atoms with van der Waals surface area (Å²) in [5.74, 6) is 0.742. The molecule has 0 fully saturated rings. The molecule has 1 N–H and O–H groups in total. The molecule has 2 heteroatoms. The van der Waals surface area contributed by atoms with Crippen molar-refractivity contribution in [3.63, 3.8) is 0 Å². The summed E-state index contributed by atoms with van der Waals surface area (Å²) in [7, 11) is 0. The van der Waals surface area contributed by atoms with Crippen LogP contribution in [0.3, 0.4) is 0 Å². The quantitative estimate of drug-likeness (QED) is 0.784. The molecule has 1 aromatic rings.